The van der Waals surface area contributed by atoms with Crippen LogP contribution in [0.4, 0.5) is 0 Å². The minimum absolute atomic E-state index is 0.363. The fourth-order valence-electron chi connectivity index (χ4n) is 0.874. The highest BCUT2D eigenvalue weighted by molar-refractivity contribution is 5.72. The molecule has 0 aliphatic heterocycles. The molecule has 1 unspecified atom stereocenters. The summed E-state index contributed by atoms with van der Waals surface area (Å²) in [6, 6.07) is 8.77. The molecule has 0 saturated carbocycles. The molecule has 0 radical (unpaired) electrons. The van der Waals surface area contributed by atoms with E-state index < -0.39 is 12.1 Å². The van der Waals surface area contributed by atoms with Crippen molar-refractivity contribution in [1.82, 2.24) is 0 Å². The van der Waals surface area contributed by atoms with Gasteiger partial charge in [0.1, 0.15) is 0 Å². The van der Waals surface area contributed by atoms with Gasteiger partial charge in [0.05, 0.1) is 0 Å². The number of para-hydroxylation sites is 1. The van der Waals surface area contributed by atoms with E-state index in [2.05, 4.69) is 0 Å². The van der Waals surface area contributed by atoms with E-state index in [9.17, 15) is 4.79 Å². The molecule has 76 valence electrons. The van der Waals surface area contributed by atoms with Crippen molar-refractivity contribution in [2.75, 3.05) is 0 Å². The Balaban J connectivity index is 2.44. The molecule has 1 atom stereocenters. The lowest BCUT2D eigenvalue weighted by molar-refractivity contribution is -0.247. The Morgan fingerprint density at radius 1 is 1.43 bits per heavy atom. The van der Waals surface area contributed by atoms with Gasteiger partial charge in [-0.1, -0.05) is 25.1 Å². The Morgan fingerprint density at radius 3 is 2.57 bits per heavy atom. The highest BCUT2D eigenvalue weighted by atomic mass is 17.2. The van der Waals surface area contributed by atoms with Gasteiger partial charge in [0.2, 0.25) is 6.10 Å². The Labute approximate surface area is 82.0 Å². The van der Waals surface area contributed by atoms with Gasteiger partial charge in [-0.3, -0.25) is 0 Å². The highest BCUT2D eigenvalue weighted by Crippen LogP contribution is 2.10. The molecule has 1 aromatic rings. The van der Waals surface area contributed by atoms with Crippen LogP contribution in [-0.4, -0.2) is 17.2 Å². The van der Waals surface area contributed by atoms with Crippen molar-refractivity contribution in [3.05, 3.63) is 30.3 Å². The molecule has 0 aliphatic carbocycles. The zero-order valence-electron chi connectivity index (χ0n) is 7.84. The van der Waals surface area contributed by atoms with E-state index >= 15 is 0 Å². The predicted octanol–water partition coefficient (Wildman–Crippen LogP) is 1.86. The Hall–Kier alpha value is -1.55. The average molecular weight is 196 g/mol. The summed E-state index contributed by atoms with van der Waals surface area (Å²) in [5, 5.41) is 8.65. The van der Waals surface area contributed by atoms with Crippen molar-refractivity contribution in [1.29, 1.82) is 0 Å². The summed E-state index contributed by atoms with van der Waals surface area (Å²) in [7, 11) is 0. The van der Waals surface area contributed by atoms with Crippen LogP contribution >= 0.6 is 0 Å². The summed E-state index contributed by atoms with van der Waals surface area (Å²) in [6.07, 6.45) is -0.558. The van der Waals surface area contributed by atoms with Crippen LogP contribution in [-0.2, 0) is 9.68 Å². The first-order chi connectivity index (χ1) is 6.74. The third-order valence-electron chi connectivity index (χ3n) is 1.65. The van der Waals surface area contributed by atoms with E-state index in [1.54, 1.807) is 31.2 Å². The summed E-state index contributed by atoms with van der Waals surface area (Å²) in [5.74, 6) is -0.532. The first-order valence-corrected chi connectivity index (χ1v) is 4.35. The SMILES string of the molecule is CCC(OOc1ccccc1)C(=O)O. The number of rotatable bonds is 5. The average Bonchev–Trinajstić information content (AvgIpc) is 2.20. The van der Waals surface area contributed by atoms with Gasteiger partial charge in [-0.25, -0.2) is 4.79 Å². The number of aliphatic carboxylic acids is 1. The molecule has 14 heavy (non-hydrogen) atoms. The summed E-state index contributed by atoms with van der Waals surface area (Å²) in [6.45, 7) is 1.72. The zero-order valence-corrected chi connectivity index (χ0v) is 7.84. The van der Waals surface area contributed by atoms with Crippen molar-refractivity contribution in [2.45, 2.75) is 19.4 Å². The van der Waals surface area contributed by atoms with Gasteiger partial charge in [0.25, 0.3) is 0 Å². The zero-order chi connectivity index (χ0) is 10.4. The Bertz CT molecular complexity index is 283. The summed E-state index contributed by atoms with van der Waals surface area (Å²) in [4.78, 5) is 20.1. The molecular formula is C10H12O4. The standard InChI is InChI=1S/C10H12O4/c1-2-9(10(11)12)14-13-8-6-4-3-5-7-8/h3-7,9H,2H2,1H3,(H,11,12). The maximum atomic E-state index is 10.5. The summed E-state index contributed by atoms with van der Waals surface area (Å²) in [5.41, 5.74) is 0. The van der Waals surface area contributed by atoms with Crippen molar-refractivity contribution in [3.8, 4) is 5.75 Å². The maximum absolute atomic E-state index is 10.5. The first kappa shape index (κ1) is 10.5. The monoisotopic (exact) mass is 196 g/mol. The van der Waals surface area contributed by atoms with Crippen LogP contribution in [0.1, 0.15) is 13.3 Å². The molecule has 0 fully saturated rings. The van der Waals surface area contributed by atoms with Crippen LogP contribution in [0.3, 0.4) is 0 Å². The van der Waals surface area contributed by atoms with Crippen LogP contribution in [0.2, 0.25) is 0 Å². The molecule has 1 rings (SSSR count). The van der Waals surface area contributed by atoms with Gasteiger partial charge in [-0.15, -0.1) is 0 Å². The lowest BCUT2D eigenvalue weighted by atomic mass is 10.3. The van der Waals surface area contributed by atoms with E-state index in [1.807, 2.05) is 6.07 Å². The molecule has 0 aliphatic rings. The van der Waals surface area contributed by atoms with Crippen LogP contribution in [0, 0.1) is 0 Å². The summed E-state index contributed by atoms with van der Waals surface area (Å²) < 4.78 is 0. The smallest absolute Gasteiger partial charge is 0.337 e. The second-order valence-corrected chi connectivity index (χ2v) is 2.73. The van der Waals surface area contributed by atoms with Gasteiger partial charge in [0.15, 0.2) is 5.75 Å². The highest BCUT2D eigenvalue weighted by Gasteiger charge is 2.17. The van der Waals surface area contributed by atoms with E-state index in [-0.39, 0.29) is 0 Å². The van der Waals surface area contributed by atoms with Crippen LogP contribution in [0.15, 0.2) is 30.3 Å². The lowest BCUT2D eigenvalue weighted by Crippen LogP contribution is -2.24. The van der Waals surface area contributed by atoms with E-state index in [0.29, 0.717) is 12.2 Å². The largest absolute Gasteiger partial charge is 0.479 e. The second kappa shape index (κ2) is 5.24. The second-order valence-electron chi connectivity index (χ2n) is 2.73. The first-order valence-electron chi connectivity index (χ1n) is 4.35. The van der Waals surface area contributed by atoms with Crippen molar-refractivity contribution in [3.63, 3.8) is 0 Å². The van der Waals surface area contributed by atoms with E-state index in [4.69, 9.17) is 14.9 Å². The third-order valence-corrected chi connectivity index (χ3v) is 1.65. The molecule has 4 nitrogen and oxygen atoms in total. The Morgan fingerprint density at radius 2 is 2.07 bits per heavy atom. The number of hydrogen-bond acceptors (Lipinski definition) is 3. The van der Waals surface area contributed by atoms with E-state index in [0.717, 1.165) is 0 Å². The number of carboxylic acids is 1. The number of hydrogen-bond donors (Lipinski definition) is 1. The molecule has 0 heterocycles. The molecule has 0 aromatic heterocycles. The molecule has 0 spiro atoms. The minimum atomic E-state index is -1.02. The van der Waals surface area contributed by atoms with Gasteiger partial charge in [-0.05, 0) is 18.6 Å². The fourth-order valence-corrected chi connectivity index (χ4v) is 0.874. The van der Waals surface area contributed by atoms with Crippen LogP contribution in [0.25, 0.3) is 0 Å². The Kier molecular flexibility index (Phi) is 3.94. The number of carboxylic acid groups (broad SMARTS) is 1. The van der Waals surface area contributed by atoms with Gasteiger partial charge in [-0.2, -0.15) is 4.89 Å². The summed E-state index contributed by atoms with van der Waals surface area (Å²) >= 11 is 0. The maximum Gasteiger partial charge on any atom is 0.337 e. The van der Waals surface area contributed by atoms with Crippen molar-refractivity contribution < 1.29 is 19.7 Å². The lowest BCUT2D eigenvalue weighted by Gasteiger charge is -2.10. The fraction of sp³-hybridized carbons (Fsp3) is 0.300. The van der Waals surface area contributed by atoms with Gasteiger partial charge >= 0.3 is 5.97 Å². The van der Waals surface area contributed by atoms with Crippen molar-refractivity contribution >= 4 is 5.97 Å². The number of carbonyl (C=O) groups is 1. The number of benzene rings is 1. The van der Waals surface area contributed by atoms with Crippen LogP contribution < -0.4 is 4.89 Å². The minimum Gasteiger partial charge on any atom is -0.479 e. The molecule has 1 N–H and O–H groups in total. The third kappa shape index (κ3) is 3.06. The van der Waals surface area contributed by atoms with E-state index in [1.165, 1.54) is 0 Å². The molecular weight excluding hydrogens is 184 g/mol. The van der Waals surface area contributed by atoms with Gasteiger partial charge in [0, 0.05) is 0 Å². The quantitative estimate of drug-likeness (QED) is 0.576. The van der Waals surface area contributed by atoms with Crippen molar-refractivity contribution in [2.24, 2.45) is 0 Å². The normalized spacial score (nSPS) is 12.1. The molecule has 1 aromatic carbocycles. The molecule has 0 bridgehead atoms. The molecule has 0 saturated heterocycles. The van der Waals surface area contributed by atoms with Crippen LogP contribution in [0.5, 0.6) is 5.75 Å². The predicted molar refractivity (Wildman–Crippen MR) is 49.9 cm³/mol. The van der Waals surface area contributed by atoms with Gasteiger partial charge < -0.3 is 9.99 Å². The molecule has 0 amide bonds. The molecule has 4 heteroatoms. The topological polar surface area (TPSA) is 55.8 Å².